The van der Waals surface area contributed by atoms with Gasteiger partial charge in [0.25, 0.3) is 0 Å². The molecule has 0 bridgehead atoms. The van der Waals surface area contributed by atoms with E-state index in [1.54, 1.807) is 29.2 Å². The first-order valence-electron chi connectivity index (χ1n) is 10.1. The molecule has 0 saturated carbocycles. The van der Waals surface area contributed by atoms with E-state index in [-0.39, 0.29) is 5.82 Å². The van der Waals surface area contributed by atoms with Crippen molar-refractivity contribution in [3.8, 4) is 0 Å². The minimum Gasteiger partial charge on any atom is -0.322 e. The Balaban J connectivity index is 1.94. The first-order valence-corrected chi connectivity index (χ1v) is 8.12. The first-order chi connectivity index (χ1) is 12.8. The lowest BCUT2D eigenvalue weighted by Gasteiger charge is -2.16. The van der Waals surface area contributed by atoms with E-state index in [1.807, 2.05) is 31.2 Å². The Morgan fingerprint density at radius 1 is 1.00 bits per heavy atom. The van der Waals surface area contributed by atoms with Crippen LogP contribution in [0.15, 0.2) is 48.5 Å². The van der Waals surface area contributed by atoms with Crippen LogP contribution in [0.3, 0.4) is 0 Å². The Morgan fingerprint density at radius 2 is 1.74 bits per heavy atom. The highest BCUT2D eigenvalue weighted by Crippen LogP contribution is 2.21. The Bertz CT molecular complexity index is 957. The molecule has 0 N–H and O–H groups in total. The van der Waals surface area contributed by atoms with E-state index >= 15 is 0 Å². The maximum Gasteiger partial charge on any atom is 0.124 e. The van der Waals surface area contributed by atoms with Gasteiger partial charge in [0.15, 0.2) is 0 Å². The van der Waals surface area contributed by atoms with Crippen molar-refractivity contribution in [2.75, 3.05) is 13.1 Å². The fraction of sp³-hybridized carbons (Fsp3) is 0.350. The number of likely N-dealkylation sites (tertiary alicyclic amines) is 1. The number of para-hydroxylation sites is 2. The largest absolute Gasteiger partial charge is 0.322 e. The summed E-state index contributed by atoms with van der Waals surface area (Å²) in [7, 11) is 0. The summed E-state index contributed by atoms with van der Waals surface area (Å²) in [6, 6.07) is 14.6. The predicted molar refractivity (Wildman–Crippen MR) is 94.5 cm³/mol. The third-order valence-corrected chi connectivity index (χ3v) is 4.22. The monoisotopic (exact) mass is 309 g/mol. The van der Waals surface area contributed by atoms with E-state index in [1.165, 1.54) is 4.57 Å². The van der Waals surface area contributed by atoms with Crippen molar-refractivity contribution < 1.29 is 5.48 Å². The molecule has 0 unspecified atom stereocenters. The zero-order valence-electron chi connectivity index (χ0n) is 17.3. The molecule has 1 saturated heterocycles. The summed E-state index contributed by atoms with van der Waals surface area (Å²) in [5, 5.41) is 0. The van der Waals surface area contributed by atoms with Crippen molar-refractivity contribution in [3.63, 3.8) is 0 Å². The van der Waals surface area contributed by atoms with Gasteiger partial charge in [-0.2, -0.15) is 0 Å². The van der Waals surface area contributed by atoms with E-state index in [0.29, 0.717) is 29.7 Å². The van der Waals surface area contributed by atoms with Gasteiger partial charge < -0.3 is 4.57 Å². The summed E-state index contributed by atoms with van der Waals surface area (Å²) < 4.78 is 36.7. The van der Waals surface area contributed by atoms with E-state index in [2.05, 4.69) is 4.98 Å². The maximum absolute atomic E-state index is 8.87. The Labute approximate surface area is 143 Å². The zero-order valence-corrected chi connectivity index (χ0v) is 13.3. The summed E-state index contributed by atoms with van der Waals surface area (Å²) in [6.07, 6.45) is 1.90. The highest BCUT2D eigenvalue weighted by atomic mass is 15.2. The van der Waals surface area contributed by atoms with Crippen LogP contribution in [0.5, 0.6) is 0 Å². The van der Waals surface area contributed by atoms with Gasteiger partial charge in [-0.05, 0) is 50.6 Å². The smallest absolute Gasteiger partial charge is 0.124 e. The molecule has 3 aromatic rings. The first kappa shape index (κ1) is 10.6. The standard InChI is InChI=1S/C20H23N3/c1-16-8-10-17(11-9-16)14-23-19-7-3-2-6-18(19)21-20(23)15-22-12-4-5-13-22/h2-3,6-11H,4-5,12-15H2,1H3/i14D2,15D2. The summed E-state index contributed by atoms with van der Waals surface area (Å²) in [5.41, 5.74) is 2.74. The number of aromatic nitrogens is 2. The lowest BCUT2D eigenvalue weighted by molar-refractivity contribution is 0.318. The highest BCUT2D eigenvalue weighted by Gasteiger charge is 2.17. The average molecular weight is 309 g/mol. The number of rotatable bonds is 4. The second-order valence-corrected chi connectivity index (χ2v) is 6.04. The van der Waals surface area contributed by atoms with Gasteiger partial charge in [0.05, 0.1) is 23.0 Å². The lowest BCUT2D eigenvalue weighted by atomic mass is 10.1. The zero-order chi connectivity index (χ0) is 19.2. The van der Waals surface area contributed by atoms with E-state index in [0.717, 1.165) is 18.4 Å². The SMILES string of the molecule is [2H]C([2H])(c1nc2ccccc2n1C([2H])([2H])c1ccc(C)cc1)N1CCCC1. The van der Waals surface area contributed by atoms with Crippen molar-refractivity contribution in [1.82, 2.24) is 14.5 Å². The highest BCUT2D eigenvalue weighted by molar-refractivity contribution is 5.76. The molecule has 4 rings (SSSR count). The molecule has 1 aliphatic rings. The third kappa shape index (κ3) is 3.02. The van der Waals surface area contributed by atoms with Crippen molar-refractivity contribution in [3.05, 3.63) is 65.5 Å². The number of nitrogens with zero attached hydrogens (tertiary/aromatic N) is 3. The van der Waals surface area contributed by atoms with Crippen LogP contribution in [0.4, 0.5) is 0 Å². The fourth-order valence-corrected chi connectivity index (χ4v) is 2.94. The van der Waals surface area contributed by atoms with Crippen molar-refractivity contribution in [2.24, 2.45) is 0 Å². The molecule has 0 amide bonds. The Morgan fingerprint density at radius 3 is 2.52 bits per heavy atom. The van der Waals surface area contributed by atoms with Gasteiger partial charge in [0.2, 0.25) is 0 Å². The normalized spacial score (nSPS) is 19.3. The lowest BCUT2D eigenvalue weighted by Crippen LogP contribution is -2.21. The Hall–Kier alpha value is -2.13. The van der Waals surface area contributed by atoms with Crippen LogP contribution in [0.2, 0.25) is 0 Å². The predicted octanol–water partition coefficient (Wildman–Crippen LogP) is 3.99. The fourth-order valence-electron chi connectivity index (χ4n) is 2.94. The van der Waals surface area contributed by atoms with E-state index < -0.39 is 13.0 Å². The maximum atomic E-state index is 8.87. The summed E-state index contributed by atoms with van der Waals surface area (Å²) in [4.78, 5) is 6.30. The van der Waals surface area contributed by atoms with Crippen LogP contribution in [0.1, 0.15) is 35.3 Å². The van der Waals surface area contributed by atoms with Crippen molar-refractivity contribution in [1.29, 1.82) is 0 Å². The average Bonchev–Trinajstić information content (AvgIpc) is 3.30. The van der Waals surface area contributed by atoms with Crippen LogP contribution in [-0.2, 0) is 13.0 Å². The summed E-state index contributed by atoms with van der Waals surface area (Å²) in [5.74, 6) is 0.121. The van der Waals surface area contributed by atoms with Gasteiger partial charge in [0.1, 0.15) is 5.82 Å². The molecule has 0 radical (unpaired) electrons. The van der Waals surface area contributed by atoms with Gasteiger partial charge >= 0.3 is 0 Å². The molecular formula is C20H23N3. The molecule has 2 aromatic carbocycles. The van der Waals surface area contributed by atoms with Gasteiger partial charge in [-0.15, -0.1) is 0 Å². The van der Waals surface area contributed by atoms with Gasteiger partial charge in [0, 0.05) is 6.50 Å². The minimum absolute atomic E-state index is 0.121. The van der Waals surface area contributed by atoms with Gasteiger partial charge in [-0.25, -0.2) is 4.98 Å². The number of aryl methyl sites for hydroxylation is 1. The molecule has 3 heteroatoms. The topological polar surface area (TPSA) is 21.1 Å². The van der Waals surface area contributed by atoms with Crippen molar-refractivity contribution in [2.45, 2.75) is 32.8 Å². The number of benzene rings is 2. The number of hydrogen-bond acceptors (Lipinski definition) is 2. The van der Waals surface area contributed by atoms with Crippen LogP contribution < -0.4 is 0 Å². The number of hydrogen-bond donors (Lipinski definition) is 0. The molecule has 23 heavy (non-hydrogen) atoms. The molecule has 1 fully saturated rings. The molecule has 0 spiro atoms. The third-order valence-electron chi connectivity index (χ3n) is 4.22. The Kier molecular flexibility index (Phi) is 2.84. The molecule has 118 valence electrons. The molecule has 3 nitrogen and oxygen atoms in total. The van der Waals surface area contributed by atoms with E-state index in [9.17, 15) is 0 Å². The quantitative estimate of drug-likeness (QED) is 0.726. The van der Waals surface area contributed by atoms with Gasteiger partial charge in [-0.1, -0.05) is 42.0 Å². The molecule has 1 aromatic heterocycles. The molecule has 0 aliphatic carbocycles. The van der Waals surface area contributed by atoms with Crippen molar-refractivity contribution >= 4 is 11.0 Å². The minimum atomic E-state index is -1.92. The second kappa shape index (κ2) is 6.17. The van der Waals surface area contributed by atoms with Crippen LogP contribution in [-0.4, -0.2) is 27.5 Å². The molecule has 1 aliphatic heterocycles. The molecule has 2 heterocycles. The molecule has 0 atom stereocenters. The van der Waals surface area contributed by atoms with E-state index in [4.69, 9.17) is 5.48 Å². The molecular weight excluding hydrogens is 282 g/mol. The van der Waals surface area contributed by atoms with Gasteiger partial charge in [-0.3, -0.25) is 4.90 Å². The number of fused-ring (bicyclic) bond motifs is 1. The summed E-state index contributed by atoms with van der Waals surface area (Å²) >= 11 is 0. The number of imidazole rings is 1. The summed E-state index contributed by atoms with van der Waals surface area (Å²) in [6.45, 7) is -0.489. The van der Waals surface area contributed by atoms with Crippen LogP contribution >= 0.6 is 0 Å². The van der Waals surface area contributed by atoms with Crippen LogP contribution in [0, 0.1) is 6.92 Å². The van der Waals surface area contributed by atoms with Crippen LogP contribution in [0.25, 0.3) is 11.0 Å². The second-order valence-electron chi connectivity index (χ2n) is 6.04.